The number of nitrogens with two attached hydrogens (primary N) is 2. The Labute approximate surface area is 243 Å². The molecule has 2 heterocycles. The number of esters is 1. The van der Waals surface area contributed by atoms with Gasteiger partial charge >= 0.3 is 5.97 Å². The van der Waals surface area contributed by atoms with E-state index in [2.05, 4.69) is 21.8 Å². The SMILES string of the molecule is CCOC(=O)c1cn(C(C)(C)CO)c2cc(C#Cc3cc(Cc4cnc(N)nc4N)cc(OC)c3OC)ccc2c1=O. The lowest BCUT2D eigenvalue weighted by Gasteiger charge is -2.28. The lowest BCUT2D eigenvalue weighted by atomic mass is 10.0. The Kier molecular flexibility index (Phi) is 8.68. The number of rotatable bonds is 8. The number of benzene rings is 2. The number of aromatic nitrogens is 3. The van der Waals surface area contributed by atoms with Crippen molar-refractivity contribution in [3.8, 4) is 23.3 Å². The number of carbonyl (C=O) groups is 1. The van der Waals surface area contributed by atoms with Crippen molar-refractivity contribution in [2.45, 2.75) is 32.7 Å². The van der Waals surface area contributed by atoms with E-state index < -0.39 is 16.9 Å². The summed E-state index contributed by atoms with van der Waals surface area (Å²) in [4.78, 5) is 33.8. The van der Waals surface area contributed by atoms with Crippen molar-refractivity contribution in [1.29, 1.82) is 0 Å². The van der Waals surface area contributed by atoms with Gasteiger partial charge in [-0.05, 0) is 56.7 Å². The van der Waals surface area contributed by atoms with Gasteiger partial charge in [-0.3, -0.25) is 4.79 Å². The van der Waals surface area contributed by atoms with Crippen LogP contribution in [0.2, 0.25) is 0 Å². The molecule has 0 fully saturated rings. The molecule has 11 nitrogen and oxygen atoms in total. The van der Waals surface area contributed by atoms with Crippen molar-refractivity contribution < 1.29 is 24.1 Å². The summed E-state index contributed by atoms with van der Waals surface area (Å²) in [5.41, 5.74) is 13.5. The number of ether oxygens (including phenoxy) is 3. The molecule has 0 saturated heterocycles. The van der Waals surface area contributed by atoms with Gasteiger partial charge in [0.15, 0.2) is 11.5 Å². The highest BCUT2D eigenvalue weighted by atomic mass is 16.5. The minimum Gasteiger partial charge on any atom is -0.493 e. The van der Waals surface area contributed by atoms with Gasteiger partial charge < -0.3 is 35.4 Å². The number of anilines is 2. The van der Waals surface area contributed by atoms with E-state index in [-0.39, 0.29) is 30.5 Å². The van der Waals surface area contributed by atoms with Crippen molar-refractivity contribution in [1.82, 2.24) is 14.5 Å². The normalized spacial score (nSPS) is 11.1. The number of hydrogen-bond donors (Lipinski definition) is 3. The Morgan fingerprint density at radius 2 is 1.88 bits per heavy atom. The first-order valence-electron chi connectivity index (χ1n) is 13.1. The number of nitrogen functional groups attached to an aromatic ring is 2. The molecule has 42 heavy (non-hydrogen) atoms. The van der Waals surface area contributed by atoms with Gasteiger partial charge in [-0.25, -0.2) is 9.78 Å². The summed E-state index contributed by atoms with van der Waals surface area (Å²) in [6.45, 7) is 5.15. The van der Waals surface area contributed by atoms with Gasteiger partial charge in [0.05, 0.1) is 44.1 Å². The van der Waals surface area contributed by atoms with Crippen LogP contribution < -0.4 is 26.4 Å². The van der Waals surface area contributed by atoms with Crippen molar-refractivity contribution in [2.75, 3.05) is 38.9 Å². The van der Waals surface area contributed by atoms with E-state index in [4.69, 9.17) is 25.7 Å². The van der Waals surface area contributed by atoms with Crippen molar-refractivity contribution in [3.63, 3.8) is 0 Å². The molecule has 0 radical (unpaired) electrons. The second-order valence-electron chi connectivity index (χ2n) is 10.1. The highest BCUT2D eigenvalue weighted by molar-refractivity contribution is 5.94. The van der Waals surface area contributed by atoms with E-state index in [1.165, 1.54) is 20.4 Å². The molecular weight excluding hydrogens is 538 g/mol. The van der Waals surface area contributed by atoms with E-state index in [0.717, 1.165) is 5.56 Å². The lowest BCUT2D eigenvalue weighted by molar-refractivity contribution is 0.0523. The topological polar surface area (TPSA) is 165 Å². The molecule has 2 aromatic carbocycles. The van der Waals surface area contributed by atoms with E-state index in [1.54, 1.807) is 49.7 Å². The van der Waals surface area contributed by atoms with Crippen LogP contribution in [-0.4, -0.2) is 53.0 Å². The quantitative estimate of drug-likeness (QED) is 0.211. The predicted octanol–water partition coefficient (Wildman–Crippen LogP) is 2.87. The molecule has 0 unspecified atom stereocenters. The van der Waals surface area contributed by atoms with E-state index in [1.807, 2.05) is 12.1 Å². The smallest absolute Gasteiger partial charge is 0.343 e. The summed E-state index contributed by atoms with van der Waals surface area (Å²) < 4.78 is 18.0. The molecule has 5 N–H and O–H groups in total. The summed E-state index contributed by atoms with van der Waals surface area (Å²) in [5, 5.41) is 10.4. The second kappa shape index (κ2) is 12.2. The van der Waals surface area contributed by atoms with Crippen molar-refractivity contribution >= 4 is 28.6 Å². The average molecular weight is 572 g/mol. The second-order valence-corrected chi connectivity index (χ2v) is 10.1. The van der Waals surface area contributed by atoms with Crippen LogP contribution in [-0.2, 0) is 16.7 Å². The lowest BCUT2D eigenvalue weighted by Crippen LogP contribution is -2.33. The molecule has 2 aromatic heterocycles. The molecule has 0 bridgehead atoms. The number of fused-ring (bicyclic) bond motifs is 1. The molecule has 0 atom stereocenters. The standard InChI is InChI=1S/C31H33N5O6/c1-6-42-29(39)23-16-36(31(2,3)17-37)24-13-18(8-10-22(24)26(23)38)7-9-20-11-19(14-25(40-4)27(20)41-5)12-21-15-34-30(33)35-28(21)32/h8,10-11,13-16,37H,6,12,17H2,1-5H3,(H4,32,33,34,35). The van der Waals surface area contributed by atoms with Crippen molar-refractivity contribution in [2.24, 2.45) is 0 Å². The van der Waals surface area contributed by atoms with E-state index in [9.17, 15) is 14.7 Å². The predicted molar refractivity (Wildman–Crippen MR) is 160 cm³/mol. The zero-order valence-corrected chi connectivity index (χ0v) is 24.1. The molecule has 0 spiro atoms. The highest BCUT2D eigenvalue weighted by Gasteiger charge is 2.25. The van der Waals surface area contributed by atoms with Crippen LogP contribution >= 0.6 is 0 Å². The van der Waals surface area contributed by atoms with E-state index >= 15 is 0 Å². The number of aliphatic hydroxyl groups excluding tert-OH is 1. The van der Waals surface area contributed by atoms with Crippen molar-refractivity contribution in [3.05, 3.63) is 80.8 Å². The van der Waals surface area contributed by atoms with Crippen LogP contribution in [0.15, 0.2) is 47.5 Å². The number of nitrogens with zero attached hydrogens (tertiary/aromatic N) is 3. The molecule has 218 valence electrons. The molecule has 0 aliphatic heterocycles. The number of aliphatic hydroxyl groups is 1. The van der Waals surface area contributed by atoms with Crippen LogP contribution in [0.25, 0.3) is 10.9 Å². The fraction of sp³-hybridized carbons (Fsp3) is 0.290. The first kappa shape index (κ1) is 29.9. The van der Waals surface area contributed by atoms with Crippen LogP contribution in [0.5, 0.6) is 11.5 Å². The molecule has 0 aliphatic rings. The molecule has 0 amide bonds. The van der Waals surface area contributed by atoms with E-state index in [0.29, 0.717) is 45.5 Å². The summed E-state index contributed by atoms with van der Waals surface area (Å²) in [6.07, 6.45) is 3.41. The van der Waals surface area contributed by atoms with Gasteiger partial charge in [-0.1, -0.05) is 11.8 Å². The Hall–Kier alpha value is -5.08. The molecule has 11 heteroatoms. The fourth-order valence-corrected chi connectivity index (χ4v) is 4.48. The Morgan fingerprint density at radius 1 is 1.12 bits per heavy atom. The molecule has 0 aliphatic carbocycles. The maximum absolute atomic E-state index is 13.2. The van der Waals surface area contributed by atoms with Crippen LogP contribution in [0.1, 0.15) is 53.4 Å². The monoisotopic (exact) mass is 571 g/mol. The van der Waals surface area contributed by atoms with Crippen LogP contribution in [0.4, 0.5) is 11.8 Å². The maximum atomic E-state index is 13.2. The Balaban J connectivity index is 1.84. The zero-order chi connectivity index (χ0) is 30.6. The number of pyridine rings is 1. The van der Waals surface area contributed by atoms with Gasteiger partial charge in [0.2, 0.25) is 11.4 Å². The number of carbonyl (C=O) groups excluding carboxylic acids is 1. The number of methoxy groups -OCH3 is 2. The van der Waals surface area contributed by atoms with Gasteiger partial charge in [0.1, 0.15) is 11.4 Å². The fourth-order valence-electron chi connectivity index (χ4n) is 4.48. The molecule has 4 rings (SSSR count). The third-order valence-electron chi connectivity index (χ3n) is 6.73. The first-order valence-corrected chi connectivity index (χ1v) is 13.1. The summed E-state index contributed by atoms with van der Waals surface area (Å²) in [7, 11) is 3.07. The molecule has 4 aromatic rings. The average Bonchev–Trinajstić information content (AvgIpc) is 2.97. The summed E-state index contributed by atoms with van der Waals surface area (Å²) in [5.74, 6) is 6.89. The summed E-state index contributed by atoms with van der Waals surface area (Å²) >= 11 is 0. The van der Waals surface area contributed by atoms with Gasteiger partial charge in [-0.2, -0.15) is 4.98 Å². The van der Waals surface area contributed by atoms with Crippen LogP contribution in [0.3, 0.4) is 0 Å². The minimum atomic E-state index is -0.835. The Bertz CT molecular complexity index is 1790. The molecule has 0 saturated carbocycles. The zero-order valence-electron chi connectivity index (χ0n) is 24.1. The molecular formula is C31H33N5O6. The van der Waals surface area contributed by atoms with Crippen LogP contribution in [0, 0.1) is 11.8 Å². The maximum Gasteiger partial charge on any atom is 0.343 e. The first-order chi connectivity index (χ1) is 20.0. The summed E-state index contributed by atoms with van der Waals surface area (Å²) in [6, 6.07) is 8.75. The largest absolute Gasteiger partial charge is 0.493 e. The highest BCUT2D eigenvalue weighted by Crippen LogP contribution is 2.33. The van der Waals surface area contributed by atoms with Gasteiger partial charge in [-0.15, -0.1) is 0 Å². The minimum absolute atomic E-state index is 0.0930. The van der Waals surface area contributed by atoms with Gasteiger partial charge in [0.25, 0.3) is 0 Å². The third kappa shape index (κ3) is 5.99. The Morgan fingerprint density at radius 3 is 2.52 bits per heavy atom. The van der Waals surface area contributed by atoms with Gasteiger partial charge in [0, 0.05) is 35.3 Å². The number of hydrogen-bond acceptors (Lipinski definition) is 10. The third-order valence-corrected chi connectivity index (χ3v) is 6.73.